The molecule has 0 bridgehead atoms. The first kappa shape index (κ1) is 13.6. The number of hydrogen-bond donors (Lipinski definition) is 1. The maximum absolute atomic E-state index is 12.8. The molecule has 19 heavy (non-hydrogen) atoms. The third-order valence-corrected chi connectivity index (χ3v) is 2.77. The zero-order chi connectivity index (χ0) is 13.7. The van der Waals surface area contributed by atoms with Crippen molar-refractivity contribution in [3.8, 4) is 5.75 Å². The van der Waals surface area contributed by atoms with Gasteiger partial charge in [0.15, 0.2) is 0 Å². The molecule has 0 heterocycles. The molecule has 1 unspecified atom stereocenters. The monoisotopic (exact) mass is 259 g/mol. The Kier molecular flexibility index (Phi) is 4.53. The van der Waals surface area contributed by atoms with Crippen molar-refractivity contribution in [2.45, 2.75) is 26.0 Å². The molecule has 3 heteroatoms. The molecule has 0 aliphatic heterocycles. The minimum atomic E-state index is -0.234. The fourth-order valence-corrected chi connectivity index (χ4v) is 1.88. The summed E-state index contributed by atoms with van der Waals surface area (Å²) in [4.78, 5) is 0. The maximum Gasteiger partial charge on any atom is 0.123 e. The molecule has 0 aromatic heterocycles. The largest absolute Gasteiger partial charge is 0.489 e. The molecule has 2 nitrogen and oxygen atoms in total. The summed E-state index contributed by atoms with van der Waals surface area (Å²) in [5.41, 5.74) is 7.88. The second kappa shape index (κ2) is 6.34. The third kappa shape index (κ3) is 4.38. The van der Waals surface area contributed by atoms with E-state index in [0.29, 0.717) is 6.61 Å². The second-order valence-electron chi connectivity index (χ2n) is 4.74. The van der Waals surface area contributed by atoms with Gasteiger partial charge in [0.25, 0.3) is 0 Å². The molecule has 2 N–H and O–H groups in total. The van der Waals surface area contributed by atoms with E-state index in [1.54, 1.807) is 12.1 Å². The van der Waals surface area contributed by atoms with E-state index in [1.807, 2.05) is 31.2 Å². The zero-order valence-electron chi connectivity index (χ0n) is 11.0. The van der Waals surface area contributed by atoms with Gasteiger partial charge in [-0.2, -0.15) is 0 Å². The lowest BCUT2D eigenvalue weighted by molar-refractivity contribution is 0.305. The van der Waals surface area contributed by atoms with Crippen LogP contribution >= 0.6 is 0 Å². The Balaban J connectivity index is 1.97. The summed E-state index contributed by atoms with van der Waals surface area (Å²) < 4.78 is 18.5. The van der Waals surface area contributed by atoms with E-state index in [4.69, 9.17) is 10.5 Å². The van der Waals surface area contributed by atoms with E-state index in [9.17, 15) is 4.39 Å². The lowest BCUT2D eigenvalue weighted by Gasteiger charge is -2.09. The van der Waals surface area contributed by atoms with Gasteiger partial charge in [-0.3, -0.25) is 0 Å². The highest BCUT2D eigenvalue weighted by Crippen LogP contribution is 2.16. The molecule has 0 fully saturated rings. The average Bonchev–Trinajstić information content (AvgIpc) is 2.38. The summed E-state index contributed by atoms with van der Waals surface area (Å²) >= 11 is 0. The van der Waals surface area contributed by atoms with Crippen LogP contribution in [0.5, 0.6) is 5.75 Å². The fraction of sp³-hybridized carbons (Fsp3) is 0.250. The number of nitrogens with two attached hydrogens (primary N) is 1. The van der Waals surface area contributed by atoms with Gasteiger partial charge in [-0.1, -0.05) is 24.3 Å². The Labute approximate surface area is 113 Å². The van der Waals surface area contributed by atoms with Crippen LogP contribution < -0.4 is 10.5 Å². The highest BCUT2D eigenvalue weighted by molar-refractivity contribution is 5.29. The third-order valence-electron chi connectivity index (χ3n) is 2.77. The molecule has 2 aromatic carbocycles. The second-order valence-corrected chi connectivity index (χ2v) is 4.74. The summed E-state index contributed by atoms with van der Waals surface area (Å²) in [6.07, 6.45) is 0.827. The van der Waals surface area contributed by atoms with Gasteiger partial charge in [-0.25, -0.2) is 4.39 Å². The van der Waals surface area contributed by atoms with Gasteiger partial charge in [0.1, 0.15) is 18.2 Å². The lowest BCUT2D eigenvalue weighted by Crippen LogP contribution is -2.17. The van der Waals surface area contributed by atoms with Gasteiger partial charge < -0.3 is 10.5 Å². The molecule has 0 spiro atoms. The van der Waals surface area contributed by atoms with Crippen molar-refractivity contribution in [2.75, 3.05) is 0 Å². The van der Waals surface area contributed by atoms with Crippen molar-refractivity contribution in [1.82, 2.24) is 0 Å². The Hall–Kier alpha value is -1.87. The van der Waals surface area contributed by atoms with Crippen LogP contribution in [0, 0.1) is 5.82 Å². The van der Waals surface area contributed by atoms with Gasteiger partial charge >= 0.3 is 0 Å². The number of benzene rings is 2. The van der Waals surface area contributed by atoms with Crippen LogP contribution in [0.1, 0.15) is 18.1 Å². The predicted octanol–water partition coefficient (Wildman–Crippen LogP) is 3.29. The van der Waals surface area contributed by atoms with Crippen LogP contribution in [-0.4, -0.2) is 6.04 Å². The van der Waals surface area contributed by atoms with Crippen LogP contribution in [0.25, 0.3) is 0 Å². The van der Waals surface area contributed by atoms with E-state index >= 15 is 0 Å². The number of hydrogen-bond acceptors (Lipinski definition) is 2. The molecule has 2 rings (SSSR count). The summed E-state index contributed by atoms with van der Waals surface area (Å²) in [6, 6.07) is 14.3. The van der Waals surface area contributed by atoms with E-state index < -0.39 is 0 Å². The van der Waals surface area contributed by atoms with Gasteiger partial charge in [0.2, 0.25) is 0 Å². The van der Waals surface area contributed by atoms with Crippen LogP contribution in [0.2, 0.25) is 0 Å². The van der Waals surface area contributed by atoms with Crippen LogP contribution in [0.4, 0.5) is 4.39 Å². The van der Waals surface area contributed by atoms with Crippen molar-refractivity contribution in [2.24, 2.45) is 5.73 Å². The first-order valence-corrected chi connectivity index (χ1v) is 6.35. The molecule has 0 aliphatic carbocycles. The van der Waals surface area contributed by atoms with Gasteiger partial charge in [0, 0.05) is 6.04 Å². The molecule has 0 amide bonds. The molecule has 0 saturated carbocycles. The quantitative estimate of drug-likeness (QED) is 0.894. The van der Waals surface area contributed by atoms with Crippen molar-refractivity contribution < 1.29 is 9.13 Å². The first-order valence-electron chi connectivity index (χ1n) is 6.35. The number of ether oxygens (including phenoxy) is 1. The van der Waals surface area contributed by atoms with Crippen LogP contribution in [-0.2, 0) is 13.0 Å². The Morgan fingerprint density at radius 3 is 2.53 bits per heavy atom. The molecule has 2 aromatic rings. The molecule has 0 saturated heterocycles. The van der Waals surface area contributed by atoms with Crippen LogP contribution in [0.3, 0.4) is 0 Å². The van der Waals surface area contributed by atoms with Crippen molar-refractivity contribution >= 4 is 0 Å². The molecular formula is C16H18FNO. The average molecular weight is 259 g/mol. The first-order chi connectivity index (χ1) is 9.13. The highest BCUT2D eigenvalue weighted by Gasteiger charge is 2.01. The lowest BCUT2D eigenvalue weighted by atomic mass is 10.1. The van der Waals surface area contributed by atoms with E-state index in [-0.39, 0.29) is 11.9 Å². The summed E-state index contributed by atoms with van der Waals surface area (Å²) in [7, 11) is 0. The normalized spacial score (nSPS) is 12.2. The molecule has 0 aliphatic rings. The van der Waals surface area contributed by atoms with E-state index in [0.717, 1.165) is 23.3 Å². The molecule has 1 atom stereocenters. The fourth-order valence-electron chi connectivity index (χ4n) is 1.88. The zero-order valence-corrected chi connectivity index (χ0v) is 11.0. The molecule has 0 radical (unpaired) electrons. The van der Waals surface area contributed by atoms with Crippen molar-refractivity contribution in [3.63, 3.8) is 0 Å². The summed E-state index contributed by atoms with van der Waals surface area (Å²) in [5.74, 6) is 0.574. The molecule has 100 valence electrons. The maximum atomic E-state index is 12.8. The summed E-state index contributed by atoms with van der Waals surface area (Å²) in [6.45, 7) is 2.41. The van der Waals surface area contributed by atoms with Gasteiger partial charge in [-0.15, -0.1) is 0 Å². The Morgan fingerprint density at radius 2 is 1.84 bits per heavy atom. The Morgan fingerprint density at radius 1 is 1.11 bits per heavy atom. The molecular weight excluding hydrogens is 241 g/mol. The van der Waals surface area contributed by atoms with Crippen molar-refractivity contribution in [3.05, 3.63) is 65.5 Å². The SMILES string of the molecule is CC(N)Cc1cccc(OCc2ccc(F)cc2)c1. The minimum Gasteiger partial charge on any atom is -0.489 e. The topological polar surface area (TPSA) is 35.2 Å². The predicted molar refractivity (Wildman–Crippen MR) is 74.5 cm³/mol. The van der Waals surface area contributed by atoms with Crippen LogP contribution in [0.15, 0.2) is 48.5 Å². The number of halogens is 1. The summed E-state index contributed by atoms with van der Waals surface area (Å²) in [5, 5.41) is 0. The highest BCUT2D eigenvalue weighted by atomic mass is 19.1. The van der Waals surface area contributed by atoms with Crippen molar-refractivity contribution in [1.29, 1.82) is 0 Å². The smallest absolute Gasteiger partial charge is 0.123 e. The van der Waals surface area contributed by atoms with Gasteiger partial charge in [0.05, 0.1) is 0 Å². The van der Waals surface area contributed by atoms with E-state index in [1.165, 1.54) is 12.1 Å². The Bertz CT molecular complexity index is 523. The number of rotatable bonds is 5. The van der Waals surface area contributed by atoms with Gasteiger partial charge in [-0.05, 0) is 48.7 Å². The van der Waals surface area contributed by atoms with E-state index in [2.05, 4.69) is 0 Å². The standard InChI is InChI=1S/C16H18FNO/c1-12(18)9-14-3-2-4-16(10-14)19-11-13-5-7-15(17)8-6-13/h2-8,10,12H,9,11,18H2,1H3. The minimum absolute atomic E-state index is 0.132.